The molecule has 0 saturated heterocycles. The molecule has 5 N–H and O–H groups in total. The fourth-order valence-corrected chi connectivity index (χ4v) is 2.12. The highest BCUT2D eigenvalue weighted by Gasteiger charge is 2.38. The van der Waals surface area contributed by atoms with Gasteiger partial charge in [-0.25, -0.2) is 14.8 Å². The molecule has 0 aliphatic rings. The first-order valence-electron chi connectivity index (χ1n) is 6.95. The predicted molar refractivity (Wildman–Crippen MR) is 85.2 cm³/mol. The molecule has 24 heavy (non-hydrogen) atoms. The minimum atomic E-state index is -1.69. The lowest BCUT2D eigenvalue weighted by molar-refractivity contribution is -0.151. The van der Waals surface area contributed by atoms with Crippen LogP contribution in [0.3, 0.4) is 0 Å². The van der Waals surface area contributed by atoms with Gasteiger partial charge in [0.25, 0.3) is 0 Å². The molecule has 1 aromatic carbocycles. The van der Waals surface area contributed by atoms with E-state index in [1.165, 1.54) is 24.7 Å². The number of amides is 1. The first kappa shape index (κ1) is 17.3. The fourth-order valence-electron chi connectivity index (χ4n) is 2.12. The molecule has 124 valence electrons. The van der Waals surface area contributed by atoms with E-state index in [-0.39, 0.29) is 0 Å². The zero-order chi connectivity index (χ0) is 17.6. The van der Waals surface area contributed by atoms with Crippen molar-refractivity contribution in [1.82, 2.24) is 15.3 Å². The van der Waals surface area contributed by atoms with Gasteiger partial charge in [0.15, 0.2) is 0 Å². The Morgan fingerprint density at radius 3 is 2.50 bits per heavy atom. The Bertz CT molecular complexity index is 734. The largest absolute Gasteiger partial charge is 0.474 e. The number of rotatable bonds is 5. The number of aliphatic hydroxyl groups excluding tert-OH is 1. The topological polar surface area (TPSA) is 138 Å². The second kappa shape index (κ2) is 7.44. The van der Waals surface area contributed by atoms with E-state index in [4.69, 9.17) is 10.8 Å². The third kappa shape index (κ3) is 3.80. The third-order valence-electron chi connectivity index (χ3n) is 3.35. The Labute approximate surface area is 137 Å². The van der Waals surface area contributed by atoms with Crippen molar-refractivity contribution >= 4 is 18.0 Å². The smallest absolute Gasteiger partial charge is 0.394 e. The van der Waals surface area contributed by atoms with E-state index >= 15 is 0 Å². The standard InChI is InChI=1S/C16H16N4O4/c17-15(24)16(20-13(21)14(22)23,11-4-2-1-3-5-11)8-6-12-7-9-18-10-19-12/h1-10,15,24H,17H2,(H,20,21)(H,22,23). The molecule has 8 nitrogen and oxygen atoms in total. The monoisotopic (exact) mass is 328 g/mol. The highest BCUT2D eigenvalue weighted by Crippen LogP contribution is 2.26. The summed E-state index contributed by atoms with van der Waals surface area (Å²) in [6, 6.07) is 9.93. The Morgan fingerprint density at radius 2 is 1.96 bits per heavy atom. The van der Waals surface area contributed by atoms with Gasteiger partial charge in [0.2, 0.25) is 0 Å². The van der Waals surface area contributed by atoms with E-state index < -0.39 is 23.6 Å². The summed E-state index contributed by atoms with van der Waals surface area (Å²) >= 11 is 0. The molecule has 0 fully saturated rings. The van der Waals surface area contributed by atoms with Crippen LogP contribution in [0.2, 0.25) is 0 Å². The van der Waals surface area contributed by atoms with Crippen molar-refractivity contribution in [2.75, 3.05) is 0 Å². The number of carbonyl (C=O) groups is 2. The maximum absolute atomic E-state index is 11.7. The van der Waals surface area contributed by atoms with Gasteiger partial charge in [0.1, 0.15) is 18.1 Å². The second-order valence-electron chi connectivity index (χ2n) is 4.91. The number of aliphatic carboxylic acids is 1. The van der Waals surface area contributed by atoms with Gasteiger partial charge in [0.05, 0.1) is 5.69 Å². The molecule has 2 atom stereocenters. The normalized spacial score (nSPS) is 14.8. The molecule has 1 amide bonds. The molecular formula is C16H16N4O4. The average Bonchev–Trinajstić information content (AvgIpc) is 2.59. The molecule has 2 unspecified atom stereocenters. The summed E-state index contributed by atoms with van der Waals surface area (Å²) in [5.74, 6) is -2.98. The molecule has 8 heteroatoms. The Hall–Kier alpha value is -3.10. The summed E-state index contributed by atoms with van der Waals surface area (Å²) in [7, 11) is 0. The third-order valence-corrected chi connectivity index (χ3v) is 3.35. The van der Waals surface area contributed by atoms with Crippen LogP contribution in [-0.4, -0.2) is 38.3 Å². The molecule has 0 saturated carbocycles. The number of aliphatic hydroxyl groups is 1. The lowest BCUT2D eigenvalue weighted by Gasteiger charge is -2.34. The van der Waals surface area contributed by atoms with Gasteiger partial charge in [0, 0.05) is 6.20 Å². The number of carboxylic acid groups (broad SMARTS) is 1. The Morgan fingerprint density at radius 1 is 1.25 bits per heavy atom. The summed E-state index contributed by atoms with van der Waals surface area (Å²) in [4.78, 5) is 30.4. The zero-order valence-electron chi connectivity index (χ0n) is 12.5. The van der Waals surface area contributed by atoms with Gasteiger partial charge in [-0.15, -0.1) is 0 Å². The SMILES string of the molecule is NC(O)C(C=Cc1ccncn1)(NC(=O)C(=O)O)c1ccccc1. The first-order chi connectivity index (χ1) is 11.5. The molecular weight excluding hydrogens is 312 g/mol. The van der Waals surface area contributed by atoms with Crippen LogP contribution >= 0.6 is 0 Å². The van der Waals surface area contributed by atoms with Crippen molar-refractivity contribution < 1.29 is 19.8 Å². The van der Waals surface area contributed by atoms with Crippen LogP contribution in [0, 0.1) is 0 Å². The van der Waals surface area contributed by atoms with Crippen LogP contribution < -0.4 is 11.1 Å². The van der Waals surface area contributed by atoms with E-state index in [9.17, 15) is 14.7 Å². The van der Waals surface area contributed by atoms with Crippen molar-refractivity contribution in [3.05, 3.63) is 66.3 Å². The Kier molecular flexibility index (Phi) is 5.35. The molecule has 0 radical (unpaired) electrons. The van der Waals surface area contributed by atoms with E-state index in [0.717, 1.165) is 0 Å². The van der Waals surface area contributed by atoms with Gasteiger partial charge in [-0.3, -0.25) is 4.79 Å². The Balaban J connectivity index is 2.51. The van der Waals surface area contributed by atoms with Crippen LogP contribution in [0.25, 0.3) is 6.08 Å². The number of hydrogen-bond acceptors (Lipinski definition) is 6. The number of carbonyl (C=O) groups excluding carboxylic acids is 1. The number of nitrogens with two attached hydrogens (primary N) is 1. The van der Waals surface area contributed by atoms with Crippen molar-refractivity contribution in [2.45, 2.75) is 11.8 Å². The van der Waals surface area contributed by atoms with Gasteiger partial charge in [-0.1, -0.05) is 30.3 Å². The molecule has 0 spiro atoms. The zero-order valence-corrected chi connectivity index (χ0v) is 12.5. The number of nitrogens with zero attached hydrogens (tertiary/aromatic N) is 2. The summed E-state index contributed by atoms with van der Waals surface area (Å²) in [5.41, 5.74) is 4.96. The fraction of sp³-hybridized carbons (Fsp3) is 0.125. The quantitative estimate of drug-likeness (QED) is 0.443. The van der Waals surface area contributed by atoms with Gasteiger partial charge in [-0.2, -0.15) is 0 Å². The summed E-state index contributed by atoms with van der Waals surface area (Å²) in [6.45, 7) is 0. The van der Waals surface area contributed by atoms with Crippen molar-refractivity contribution in [1.29, 1.82) is 0 Å². The average molecular weight is 328 g/mol. The van der Waals surface area contributed by atoms with Gasteiger partial charge in [-0.05, 0) is 23.8 Å². The highest BCUT2D eigenvalue weighted by molar-refractivity contribution is 6.31. The second-order valence-corrected chi connectivity index (χ2v) is 4.91. The number of aromatic nitrogens is 2. The molecule has 2 rings (SSSR count). The summed E-state index contributed by atoms with van der Waals surface area (Å²) < 4.78 is 0. The maximum Gasteiger partial charge on any atom is 0.394 e. The molecule has 2 aromatic rings. The predicted octanol–water partition coefficient (Wildman–Crippen LogP) is -0.137. The van der Waals surface area contributed by atoms with Gasteiger partial charge >= 0.3 is 11.9 Å². The molecule has 0 aliphatic heterocycles. The number of hydrogen-bond donors (Lipinski definition) is 4. The lowest BCUT2D eigenvalue weighted by Crippen LogP contribution is -2.57. The van der Waals surface area contributed by atoms with Crippen LogP contribution in [0.4, 0.5) is 0 Å². The van der Waals surface area contributed by atoms with E-state index in [2.05, 4.69) is 15.3 Å². The van der Waals surface area contributed by atoms with Crippen LogP contribution in [0.1, 0.15) is 11.3 Å². The highest BCUT2D eigenvalue weighted by atomic mass is 16.4. The first-order valence-corrected chi connectivity index (χ1v) is 6.95. The number of benzene rings is 1. The van der Waals surface area contributed by atoms with Crippen LogP contribution in [0.5, 0.6) is 0 Å². The minimum absolute atomic E-state index is 0.417. The molecule has 1 heterocycles. The van der Waals surface area contributed by atoms with E-state index in [1.807, 2.05) is 0 Å². The van der Waals surface area contributed by atoms with Crippen LogP contribution in [-0.2, 0) is 15.1 Å². The van der Waals surface area contributed by atoms with E-state index in [0.29, 0.717) is 11.3 Å². The molecule has 1 aromatic heterocycles. The lowest BCUT2D eigenvalue weighted by atomic mass is 9.87. The van der Waals surface area contributed by atoms with Crippen molar-refractivity contribution in [3.63, 3.8) is 0 Å². The van der Waals surface area contributed by atoms with Crippen LogP contribution in [0.15, 0.2) is 55.0 Å². The van der Waals surface area contributed by atoms with Crippen molar-refractivity contribution in [2.24, 2.45) is 5.73 Å². The summed E-state index contributed by atoms with van der Waals surface area (Å²) in [6.07, 6.45) is 4.16. The minimum Gasteiger partial charge on any atom is -0.474 e. The maximum atomic E-state index is 11.7. The number of carboxylic acids is 1. The molecule has 0 bridgehead atoms. The van der Waals surface area contributed by atoms with Crippen molar-refractivity contribution in [3.8, 4) is 0 Å². The number of nitrogens with one attached hydrogen (secondary N) is 1. The van der Waals surface area contributed by atoms with Gasteiger partial charge < -0.3 is 21.3 Å². The molecule has 0 aliphatic carbocycles. The van der Waals surface area contributed by atoms with E-state index in [1.54, 1.807) is 36.4 Å². The summed E-state index contributed by atoms with van der Waals surface area (Å²) in [5, 5.41) is 21.3.